The van der Waals surface area contributed by atoms with Crippen molar-refractivity contribution in [2.24, 2.45) is 11.8 Å². The fourth-order valence-electron chi connectivity index (χ4n) is 2.83. The number of rotatable bonds is 3. The summed E-state index contributed by atoms with van der Waals surface area (Å²) >= 11 is 0. The van der Waals surface area contributed by atoms with E-state index in [1.807, 2.05) is 4.90 Å². The number of carboxylic acid groups (broad SMARTS) is 1. The minimum absolute atomic E-state index is 0.157. The maximum absolute atomic E-state index is 12.4. The highest BCUT2D eigenvalue weighted by atomic mass is 16.4. The predicted molar refractivity (Wildman–Crippen MR) is 78.0 cm³/mol. The summed E-state index contributed by atoms with van der Waals surface area (Å²) in [5, 5.41) is 15.4. The second kappa shape index (κ2) is 6.15. The van der Waals surface area contributed by atoms with Gasteiger partial charge in [-0.05, 0) is 25.2 Å². The van der Waals surface area contributed by atoms with Crippen molar-refractivity contribution in [2.75, 3.05) is 11.9 Å². The largest absolute Gasteiger partial charge is 0.480 e. The van der Waals surface area contributed by atoms with Gasteiger partial charge >= 0.3 is 12.0 Å². The Bertz CT molecular complexity index is 528. The van der Waals surface area contributed by atoms with Crippen molar-refractivity contribution in [1.82, 2.24) is 14.7 Å². The Labute approximate surface area is 123 Å². The van der Waals surface area contributed by atoms with Crippen LogP contribution in [0.25, 0.3) is 0 Å². The highest BCUT2D eigenvalue weighted by Crippen LogP contribution is 2.27. The smallest absolute Gasteiger partial charge is 0.325 e. The summed E-state index contributed by atoms with van der Waals surface area (Å²) in [6, 6.07) is 0.0334. The van der Waals surface area contributed by atoms with Crippen LogP contribution in [0.1, 0.15) is 27.2 Å². The number of aromatic nitrogens is 2. The molecule has 1 saturated heterocycles. The zero-order chi connectivity index (χ0) is 15.6. The molecule has 0 radical (unpaired) electrons. The average molecular weight is 294 g/mol. The van der Waals surface area contributed by atoms with Crippen LogP contribution in [0.2, 0.25) is 0 Å². The van der Waals surface area contributed by atoms with Crippen LogP contribution in [0.15, 0.2) is 12.4 Å². The van der Waals surface area contributed by atoms with Crippen LogP contribution in [0, 0.1) is 11.8 Å². The van der Waals surface area contributed by atoms with E-state index in [2.05, 4.69) is 31.2 Å². The van der Waals surface area contributed by atoms with E-state index in [0.717, 1.165) is 13.0 Å². The number of urea groups is 1. The molecule has 1 aromatic rings. The van der Waals surface area contributed by atoms with Crippen LogP contribution >= 0.6 is 0 Å². The molecule has 1 aliphatic heterocycles. The quantitative estimate of drug-likeness (QED) is 0.890. The van der Waals surface area contributed by atoms with E-state index in [-0.39, 0.29) is 18.6 Å². The lowest BCUT2D eigenvalue weighted by atomic mass is 9.86. The zero-order valence-electron chi connectivity index (χ0n) is 12.6. The van der Waals surface area contributed by atoms with Gasteiger partial charge in [0.2, 0.25) is 0 Å². The standard InChI is InChI=1S/C14H22N4O3/c1-9-4-10(2)11(3)18(6-9)14(21)16-12-5-15-17(7-12)8-13(19)20/h5,7,9-11H,4,6,8H2,1-3H3,(H,16,21)(H,19,20). The minimum Gasteiger partial charge on any atom is -0.480 e. The molecule has 7 heteroatoms. The molecule has 116 valence electrons. The van der Waals surface area contributed by atoms with Crippen LogP contribution in [-0.2, 0) is 11.3 Å². The topological polar surface area (TPSA) is 87.5 Å². The van der Waals surface area contributed by atoms with Gasteiger partial charge in [0.05, 0.1) is 11.9 Å². The van der Waals surface area contributed by atoms with Gasteiger partial charge in [0.15, 0.2) is 0 Å². The van der Waals surface area contributed by atoms with E-state index in [4.69, 9.17) is 5.11 Å². The second-order valence-corrected chi connectivity index (χ2v) is 5.96. The average Bonchev–Trinajstić information content (AvgIpc) is 2.80. The summed E-state index contributed by atoms with van der Waals surface area (Å²) in [4.78, 5) is 24.8. The lowest BCUT2D eigenvalue weighted by Crippen LogP contribution is -2.50. The van der Waals surface area contributed by atoms with Gasteiger partial charge < -0.3 is 15.3 Å². The van der Waals surface area contributed by atoms with E-state index in [0.29, 0.717) is 17.5 Å². The van der Waals surface area contributed by atoms with E-state index in [1.165, 1.54) is 17.1 Å². The number of carboxylic acids is 1. The number of nitrogens with zero attached hydrogens (tertiary/aromatic N) is 3. The third-order valence-corrected chi connectivity index (χ3v) is 4.04. The van der Waals surface area contributed by atoms with Crippen molar-refractivity contribution in [2.45, 2.75) is 39.8 Å². The first-order valence-electron chi connectivity index (χ1n) is 7.18. The molecular formula is C14H22N4O3. The molecular weight excluding hydrogens is 272 g/mol. The number of amides is 2. The van der Waals surface area contributed by atoms with Crippen LogP contribution in [0.3, 0.4) is 0 Å². The number of aliphatic carboxylic acids is 1. The van der Waals surface area contributed by atoms with Gasteiger partial charge in [0.25, 0.3) is 0 Å². The summed E-state index contributed by atoms with van der Waals surface area (Å²) < 4.78 is 1.28. The Morgan fingerprint density at radius 2 is 2.14 bits per heavy atom. The summed E-state index contributed by atoms with van der Waals surface area (Å²) in [6.07, 6.45) is 4.11. The van der Waals surface area contributed by atoms with E-state index >= 15 is 0 Å². The third-order valence-electron chi connectivity index (χ3n) is 4.04. The molecule has 0 aliphatic carbocycles. The highest BCUT2D eigenvalue weighted by molar-refractivity contribution is 5.89. The molecule has 7 nitrogen and oxygen atoms in total. The van der Waals surface area contributed by atoms with Crippen molar-refractivity contribution < 1.29 is 14.7 Å². The molecule has 21 heavy (non-hydrogen) atoms. The molecule has 0 spiro atoms. The van der Waals surface area contributed by atoms with E-state index in [1.54, 1.807) is 0 Å². The summed E-state index contributed by atoms with van der Waals surface area (Å²) in [5.74, 6) is -0.0193. The molecule has 1 aliphatic rings. The molecule has 1 aromatic heterocycles. The Hall–Kier alpha value is -2.05. The maximum Gasteiger partial charge on any atom is 0.325 e. The minimum atomic E-state index is -0.969. The SMILES string of the molecule is CC1CC(C)C(C)N(C(=O)Nc2cnn(CC(=O)O)c2)C1. The Balaban J connectivity index is 2.00. The van der Waals surface area contributed by atoms with Gasteiger partial charge in [0.1, 0.15) is 6.54 Å². The zero-order valence-corrected chi connectivity index (χ0v) is 12.6. The monoisotopic (exact) mass is 294 g/mol. The predicted octanol–water partition coefficient (Wildman–Crippen LogP) is 1.87. The molecule has 2 amide bonds. The summed E-state index contributed by atoms with van der Waals surface area (Å²) in [5.41, 5.74) is 0.513. The summed E-state index contributed by atoms with van der Waals surface area (Å²) in [6.45, 7) is 6.88. The van der Waals surface area contributed by atoms with Crippen LogP contribution in [0.5, 0.6) is 0 Å². The number of carbonyl (C=O) groups is 2. The first-order valence-corrected chi connectivity index (χ1v) is 7.18. The molecule has 3 atom stereocenters. The number of nitrogens with one attached hydrogen (secondary N) is 1. The Morgan fingerprint density at radius 3 is 2.81 bits per heavy atom. The molecule has 0 aromatic carbocycles. The number of hydrogen-bond acceptors (Lipinski definition) is 3. The third kappa shape index (κ3) is 3.74. The van der Waals surface area contributed by atoms with Gasteiger partial charge in [-0.15, -0.1) is 0 Å². The second-order valence-electron chi connectivity index (χ2n) is 5.96. The molecule has 3 unspecified atom stereocenters. The van der Waals surface area contributed by atoms with Crippen LogP contribution in [-0.4, -0.2) is 44.4 Å². The number of carbonyl (C=O) groups excluding carboxylic acids is 1. The molecule has 2 heterocycles. The molecule has 1 fully saturated rings. The van der Waals surface area contributed by atoms with Crippen molar-refractivity contribution in [3.63, 3.8) is 0 Å². The molecule has 0 saturated carbocycles. The lowest BCUT2D eigenvalue weighted by molar-refractivity contribution is -0.137. The normalized spacial score (nSPS) is 25.7. The van der Waals surface area contributed by atoms with Crippen molar-refractivity contribution in [1.29, 1.82) is 0 Å². The molecule has 2 rings (SSSR count). The number of piperidine rings is 1. The van der Waals surface area contributed by atoms with Gasteiger partial charge in [-0.1, -0.05) is 13.8 Å². The fourth-order valence-corrected chi connectivity index (χ4v) is 2.83. The number of hydrogen-bond donors (Lipinski definition) is 2. The Kier molecular flexibility index (Phi) is 4.50. The fraction of sp³-hybridized carbons (Fsp3) is 0.643. The molecule has 0 bridgehead atoms. The van der Waals surface area contributed by atoms with E-state index < -0.39 is 5.97 Å². The van der Waals surface area contributed by atoms with Crippen molar-refractivity contribution in [3.8, 4) is 0 Å². The number of anilines is 1. The first-order chi connectivity index (χ1) is 9.86. The molecule has 2 N–H and O–H groups in total. The highest BCUT2D eigenvalue weighted by Gasteiger charge is 2.32. The maximum atomic E-state index is 12.4. The van der Waals surface area contributed by atoms with Gasteiger partial charge in [-0.3, -0.25) is 9.48 Å². The van der Waals surface area contributed by atoms with Crippen molar-refractivity contribution >= 4 is 17.7 Å². The van der Waals surface area contributed by atoms with Crippen LogP contribution in [0.4, 0.5) is 10.5 Å². The van der Waals surface area contributed by atoms with Gasteiger partial charge in [0, 0.05) is 18.8 Å². The van der Waals surface area contributed by atoms with Gasteiger partial charge in [-0.25, -0.2) is 4.79 Å². The Morgan fingerprint density at radius 1 is 1.43 bits per heavy atom. The number of likely N-dealkylation sites (tertiary alicyclic amines) is 1. The summed E-state index contributed by atoms with van der Waals surface area (Å²) in [7, 11) is 0. The first kappa shape index (κ1) is 15.3. The van der Waals surface area contributed by atoms with E-state index in [9.17, 15) is 9.59 Å². The van der Waals surface area contributed by atoms with Crippen molar-refractivity contribution in [3.05, 3.63) is 12.4 Å². The van der Waals surface area contributed by atoms with Gasteiger partial charge in [-0.2, -0.15) is 5.10 Å². The lowest BCUT2D eigenvalue weighted by Gasteiger charge is -2.40. The van der Waals surface area contributed by atoms with Crippen LogP contribution < -0.4 is 5.32 Å².